The van der Waals surface area contributed by atoms with E-state index in [2.05, 4.69) is 30.5 Å². The molecule has 1 N–H and O–H groups in total. The van der Waals surface area contributed by atoms with E-state index in [4.69, 9.17) is 16.3 Å². The van der Waals surface area contributed by atoms with Crippen LogP contribution in [0.5, 0.6) is 5.75 Å². The van der Waals surface area contributed by atoms with Gasteiger partial charge in [-0.25, -0.2) is 18.1 Å². The van der Waals surface area contributed by atoms with Gasteiger partial charge in [0.1, 0.15) is 15.8 Å². The van der Waals surface area contributed by atoms with Crippen molar-refractivity contribution < 1.29 is 13.2 Å². The van der Waals surface area contributed by atoms with E-state index in [0.29, 0.717) is 4.47 Å². The first-order chi connectivity index (χ1) is 12.9. The number of rotatable bonds is 7. The number of nitrogens with one attached hydrogen (secondary N) is 1. The molecule has 0 aliphatic carbocycles. The van der Waals surface area contributed by atoms with Crippen molar-refractivity contribution in [2.45, 2.75) is 23.8 Å². The Hall–Kier alpha value is -1.19. The van der Waals surface area contributed by atoms with Crippen LogP contribution in [-0.4, -0.2) is 45.0 Å². The highest BCUT2D eigenvalue weighted by Crippen LogP contribution is 2.28. The van der Waals surface area contributed by atoms with Gasteiger partial charge in [0, 0.05) is 23.3 Å². The summed E-state index contributed by atoms with van der Waals surface area (Å²) in [5.74, 6) is 0.770. The minimum atomic E-state index is -3.78. The fourth-order valence-corrected chi connectivity index (χ4v) is 5.18. The Morgan fingerprint density at radius 2 is 1.96 bits per heavy atom. The number of ether oxygens (including phenoxy) is 1. The number of nitrogens with zero attached hydrogens (tertiary/aromatic N) is 2. The van der Waals surface area contributed by atoms with Crippen LogP contribution < -0.4 is 9.46 Å². The summed E-state index contributed by atoms with van der Waals surface area (Å²) in [4.78, 5) is 6.16. The molecule has 1 aromatic carbocycles. The molecule has 27 heavy (non-hydrogen) atoms. The standard InChI is InChI=1S/C18H21BrClN3O3S/c1-26-15-6-4-13(5-7-15)16(23-8-2-3-9-23)12-22-27(24,25)17-10-14(19)11-21-18(17)20/h4-7,10-11,16,22H,2-3,8-9,12H2,1H3. The SMILES string of the molecule is COc1ccc(C(CNS(=O)(=O)c2cc(Br)cnc2Cl)N2CCCC2)cc1. The van der Waals surface area contributed by atoms with Crippen molar-refractivity contribution in [3.8, 4) is 5.75 Å². The van der Waals surface area contributed by atoms with Crippen molar-refractivity contribution in [3.05, 3.63) is 51.7 Å². The van der Waals surface area contributed by atoms with Gasteiger partial charge in [0.2, 0.25) is 10.0 Å². The van der Waals surface area contributed by atoms with Crippen molar-refractivity contribution in [1.82, 2.24) is 14.6 Å². The molecule has 0 amide bonds. The average Bonchev–Trinajstić information content (AvgIpc) is 3.18. The lowest BCUT2D eigenvalue weighted by molar-refractivity contribution is 0.246. The lowest BCUT2D eigenvalue weighted by Crippen LogP contribution is -2.37. The number of halogens is 2. The first-order valence-corrected chi connectivity index (χ1v) is 11.2. The molecular weight excluding hydrogens is 454 g/mol. The van der Waals surface area contributed by atoms with Crippen LogP contribution >= 0.6 is 27.5 Å². The third-order valence-electron chi connectivity index (χ3n) is 4.61. The molecule has 0 radical (unpaired) electrons. The number of benzene rings is 1. The van der Waals surface area contributed by atoms with E-state index >= 15 is 0 Å². The van der Waals surface area contributed by atoms with Crippen LogP contribution in [0.3, 0.4) is 0 Å². The number of pyridine rings is 1. The number of aromatic nitrogens is 1. The van der Waals surface area contributed by atoms with Gasteiger partial charge in [0.05, 0.1) is 7.11 Å². The van der Waals surface area contributed by atoms with Crippen molar-refractivity contribution in [2.75, 3.05) is 26.7 Å². The molecule has 1 aliphatic heterocycles. The first-order valence-electron chi connectivity index (χ1n) is 8.59. The maximum Gasteiger partial charge on any atom is 0.243 e. The zero-order valence-corrected chi connectivity index (χ0v) is 18.0. The molecule has 1 aliphatic rings. The van der Waals surface area contributed by atoms with Crippen LogP contribution in [-0.2, 0) is 10.0 Å². The monoisotopic (exact) mass is 473 g/mol. The van der Waals surface area contributed by atoms with Gasteiger partial charge >= 0.3 is 0 Å². The van der Waals surface area contributed by atoms with E-state index in [1.807, 2.05) is 24.3 Å². The molecule has 0 saturated carbocycles. The molecule has 1 saturated heterocycles. The summed E-state index contributed by atoms with van der Waals surface area (Å²) in [5.41, 5.74) is 1.04. The third-order valence-corrected chi connectivity index (χ3v) is 6.90. The Morgan fingerprint density at radius 1 is 1.30 bits per heavy atom. The van der Waals surface area contributed by atoms with Crippen LogP contribution in [0, 0.1) is 0 Å². The van der Waals surface area contributed by atoms with Crippen molar-refractivity contribution >= 4 is 37.6 Å². The molecular formula is C18H21BrClN3O3S. The Labute approximate surface area is 173 Å². The number of likely N-dealkylation sites (tertiary alicyclic amines) is 1. The predicted molar refractivity (Wildman–Crippen MR) is 109 cm³/mol. The summed E-state index contributed by atoms with van der Waals surface area (Å²) in [6.45, 7) is 2.13. The van der Waals surface area contributed by atoms with Gasteiger partial charge < -0.3 is 4.74 Å². The molecule has 1 fully saturated rings. The lowest BCUT2D eigenvalue weighted by atomic mass is 10.1. The molecule has 1 aromatic heterocycles. The predicted octanol–water partition coefficient (Wildman–Crippen LogP) is 3.62. The Bertz CT molecular complexity index is 887. The Morgan fingerprint density at radius 3 is 2.59 bits per heavy atom. The van der Waals surface area contributed by atoms with Crippen LogP contribution in [0.1, 0.15) is 24.4 Å². The number of hydrogen-bond donors (Lipinski definition) is 1. The van der Waals surface area contributed by atoms with Gasteiger partial charge in [-0.1, -0.05) is 23.7 Å². The van der Waals surface area contributed by atoms with Gasteiger partial charge in [-0.3, -0.25) is 4.90 Å². The van der Waals surface area contributed by atoms with Crippen LogP contribution in [0.4, 0.5) is 0 Å². The van der Waals surface area contributed by atoms with E-state index in [0.717, 1.165) is 37.2 Å². The maximum absolute atomic E-state index is 12.8. The molecule has 2 heterocycles. The van der Waals surface area contributed by atoms with Crippen LogP contribution in [0.2, 0.25) is 5.15 Å². The van der Waals surface area contributed by atoms with Gasteiger partial charge in [0.25, 0.3) is 0 Å². The molecule has 1 unspecified atom stereocenters. The summed E-state index contributed by atoms with van der Waals surface area (Å²) in [7, 11) is -2.16. The zero-order chi connectivity index (χ0) is 19.4. The maximum atomic E-state index is 12.8. The molecule has 0 spiro atoms. The highest BCUT2D eigenvalue weighted by molar-refractivity contribution is 9.10. The van der Waals surface area contributed by atoms with Crippen molar-refractivity contribution in [2.24, 2.45) is 0 Å². The minimum absolute atomic E-state index is 0.0338. The summed E-state index contributed by atoms with van der Waals surface area (Å²) in [6.07, 6.45) is 3.69. The molecule has 2 aromatic rings. The molecule has 1 atom stereocenters. The second-order valence-electron chi connectivity index (χ2n) is 6.33. The molecule has 9 heteroatoms. The van der Waals surface area contributed by atoms with Crippen molar-refractivity contribution in [1.29, 1.82) is 0 Å². The summed E-state index contributed by atoms with van der Waals surface area (Å²) >= 11 is 9.24. The second-order valence-corrected chi connectivity index (χ2v) is 9.34. The molecule has 146 valence electrons. The molecule has 0 bridgehead atoms. The smallest absolute Gasteiger partial charge is 0.243 e. The fraction of sp³-hybridized carbons (Fsp3) is 0.389. The summed E-state index contributed by atoms with van der Waals surface area (Å²) < 4.78 is 34.0. The van der Waals surface area contributed by atoms with E-state index in [9.17, 15) is 8.42 Å². The van der Waals surface area contributed by atoms with Gasteiger partial charge in [-0.05, 0) is 65.6 Å². The first kappa shape index (κ1) is 20.5. The topological polar surface area (TPSA) is 71.5 Å². The zero-order valence-electron chi connectivity index (χ0n) is 14.9. The van der Waals surface area contributed by atoms with Gasteiger partial charge in [-0.15, -0.1) is 0 Å². The van der Waals surface area contributed by atoms with Crippen LogP contribution in [0.25, 0.3) is 0 Å². The van der Waals surface area contributed by atoms with E-state index in [1.165, 1.54) is 12.3 Å². The largest absolute Gasteiger partial charge is 0.497 e. The Kier molecular flexibility index (Phi) is 6.75. The van der Waals surface area contributed by atoms with E-state index in [1.54, 1.807) is 7.11 Å². The molecule has 3 rings (SSSR count). The second kappa shape index (κ2) is 8.87. The minimum Gasteiger partial charge on any atom is -0.497 e. The molecule has 6 nitrogen and oxygen atoms in total. The summed E-state index contributed by atoms with van der Waals surface area (Å²) in [5, 5.41) is -0.0483. The average molecular weight is 475 g/mol. The van der Waals surface area contributed by atoms with E-state index < -0.39 is 10.0 Å². The highest BCUT2D eigenvalue weighted by Gasteiger charge is 2.27. The van der Waals surface area contributed by atoms with Gasteiger partial charge in [-0.2, -0.15) is 0 Å². The lowest BCUT2D eigenvalue weighted by Gasteiger charge is -2.28. The van der Waals surface area contributed by atoms with Gasteiger partial charge in [0.15, 0.2) is 0 Å². The normalized spacial score (nSPS) is 16.4. The van der Waals surface area contributed by atoms with Crippen LogP contribution in [0.15, 0.2) is 45.9 Å². The van der Waals surface area contributed by atoms with E-state index in [-0.39, 0.29) is 22.6 Å². The van der Waals surface area contributed by atoms with Crippen molar-refractivity contribution in [3.63, 3.8) is 0 Å². The number of sulfonamides is 1. The number of methoxy groups -OCH3 is 1. The highest BCUT2D eigenvalue weighted by atomic mass is 79.9. The summed E-state index contributed by atoms with van der Waals surface area (Å²) in [6, 6.07) is 9.13. The number of hydrogen-bond acceptors (Lipinski definition) is 5. The Balaban J connectivity index is 1.82. The quantitative estimate of drug-likeness (QED) is 0.621. The third kappa shape index (κ3) is 5.00. The fourth-order valence-electron chi connectivity index (χ4n) is 3.20.